The third-order valence-corrected chi connectivity index (χ3v) is 6.89. The molecule has 0 atom stereocenters. The van der Waals surface area contributed by atoms with Crippen LogP contribution in [0.1, 0.15) is 39.8 Å². The van der Waals surface area contributed by atoms with Gasteiger partial charge in [0.25, 0.3) is 11.1 Å². The molecular weight excluding hydrogens is 491 g/mol. The van der Waals surface area contributed by atoms with E-state index in [9.17, 15) is 18.8 Å². The van der Waals surface area contributed by atoms with E-state index in [1.165, 1.54) is 18.2 Å². The number of ether oxygens (including phenoxy) is 1. The molecule has 1 aromatic heterocycles. The molecule has 0 N–H and O–H groups in total. The topological polar surface area (TPSA) is 68.6 Å². The van der Waals surface area contributed by atoms with Crippen LogP contribution in [0.4, 0.5) is 9.18 Å². The number of nitrogens with zero attached hydrogens (tertiary/aromatic N) is 2. The van der Waals surface area contributed by atoms with Gasteiger partial charge >= 0.3 is 5.97 Å². The molecule has 0 radical (unpaired) electrons. The normalized spacial score (nSPS) is 14.8. The number of esters is 1. The predicted octanol–water partition coefficient (Wildman–Crippen LogP) is 6.30. The Morgan fingerprint density at radius 3 is 2.60 bits per heavy atom. The maximum Gasteiger partial charge on any atom is 0.338 e. The molecule has 1 saturated heterocycles. The number of thioether (sulfide) groups is 1. The molecule has 2 heterocycles. The second-order valence-electron chi connectivity index (χ2n) is 7.90. The van der Waals surface area contributed by atoms with E-state index in [0.29, 0.717) is 5.56 Å². The van der Waals surface area contributed by atoms with Crippen molar-refractivity contribution in [1.82, 2.24) is 9.47 Å². The Bertz CT molecular complexity index is 1360. The zero-order valence-electron chi connectivity index (χ0n) is 19.3. The van der Waals surface area contributed by atoms with E-state index >= 15 is 0 Å². The molecule has 2 amide bonds. The maximum absolute atomic E-state index is 14.2. The minimum Gasteiger partial charge on any atom is -0.462 e. The summed E-state index contributed by atoms with van der Waals surface area (Å²) in [6.07, 6.45) is 1.65. The van der Waals surface area contributed by atoms with Crippen LogP contribution in [0.3, 0.4) is 0 Å². The number of benzene rings is 2. The molecule has 2 aromatic carbocycles. The quantitative estimate of drug-likeness (QED) is 0.286. The van der Waals surface area contributed by atoms with Gasteiger partial charge in [-0.05, 0) is 80.6 Å². The Kier molecular flexibility index (Phi) is 7.14. The average Bonchev–Trinajstić information content (AvgIpc) is 3.25. The summed E-state index contributed by atoms with van der Waals surface area (Å²) in [4.78, 5) is 38.9. The number of aryl methyl sites for hydroxylation is 1. The third-order valence-electron chi connectivity index (χ3n) is 5.62. The molecule has 0 unspecified atom stereocenters. The zero-order chi connectivity index (χ0) is 25.3. The number of carbonyl (C=O) groups excluding carboxylic acids is 3. The Balaban J connectivity index is 1.64. The van der Waals surface area contributed by atoms with E-state index in [1.807, 2.05) is 30.5 Å². The largest absolute Gasteiger partial charge is 0.462 e. The van der Waals surface area contributed by atoms with Crippen molar-refractivity contribution < 1.29 is 23.5 Å². The first-order chi connectivity index (χ1) is 16.7. The summed E-state index contributed by atoms with van der Waals surface area (Å²) in [7, 11) is 0. The molecule has 1 aliphatic rings. The van der Waals surface area contributed by atoms with Crippen molar-refractivity contribution in [2.75, 3.05) is 6.61 Å². The summed E-state index contributed by atoms with van der Waals surface area (Å²) in [6.45, 7) is 5.59. The third kappa shape index (κ3) is 4.90. The fourth-order valence-electron chi connectivity index (χ4n) is 3.94. The van der Waals surface area contributed by atoms with Crippen LogP contribution < -0.4 is 0 Å². The van der Waals surface area contributed by atoms with Crippen LogP contribution in [-0.2, 0) is 16.1 Å². The molecule has 3 aromatic rings. The van der Waals surface area contributed by atoms with Crippen molar-refractivity contribution in [3.05, 3.63) is 92.4 Å². The maximum atomic E-state index is 14.2. The van der Waals surface area contributed by atoms with Crippen LogP contribution in [0.5, 0.6) is 0 Å². The van der Waals surface area contributed by atoms with Crippen molar-refractivity contribution in [2.45, 2.75) is 27.3 Å². The zero-order valence-corrected chi connectivity index (χ0v) is 20.9. The highest BCUT2D eigenvalue weighted by molar-refractivity contribution is 8.18. The molecular formula is C26H22ClFN2O4S. The highest BCUT2D eigenvalue weighted by Crippen LogP contribution is 2.35. The van der Waals surface area contributed by atoms with E-state index in [0.717, 1.165) is 39.3 Å². The van der Waals surface area contributed by atoms with Crippen molar-refractivity contribution in [1.29, 1.82) is 0 Å². The molecule has 0 saturated carbocycles. The molecule has 9 heteroatoms. The summed E-state index contributed by atoms with van der Waals surface area (Å²) >= 11 is 6.88. The first kappa shape index (κ1) is 24.8. The SMILES string of the molecule is CCOC(=O)c1cccc(-n2c(C)cc(C=C3SC(=O)N(Cc4c(F)cccc4Cl)C3=O)c2C)c1. The van der Waals surface area contributed by atoms with Crippen molar-refractivity contribution in [3.8, 4) is 5.69 Å². The number of carbonyl (C=O) groups is 3. The Morgan fingerprint density at radius 1 is 1.14 bits per heavy atom. The summed E-state index contributed by atoms with van der Waals surface area (Å²) in [5, 5.41) is -0.335. The Morgan fingerprint density at radius 2 is 1.89 bits per heavy atom. The number of halogens is 2. The number of aromatic nitrogens is 1. The number of hydrogen-bond donors (Lipinski definition) is 0. The van der Waals surface area contributed by atoms with Crippen LogP contribution in [0.25, 0.3) is 11.8 Å². The lowest BCUT2D eigenvalue weighted by Gasteiger charge is -2.14. The van der Waals surface area contributed by atoms with E-state index < -0.39 is 22.9 Å². The minimum absolute atomic E-state index is 0.0948. The smallest absolute Gasteiger partial charge is 0.338 e. The first-order valence-corrected chi connectivity index (χ1v) is 12.1. The van der Waals surface area contributed by atoms with Gasteiger partial charge in [-0.2, -0.15) is 0 Å². The molecule has 1 fully saturated rings. The van der Waals surface area contributed by atoms with Gasteiger partial charge in [-0.3, -0.25) is 14.5 Å². The van der Waals surface area contributed by atoms with Crippen molar-refractivity contribution in [2.24, 2.45) is 0 Å². The molecule has 1 aliphatic heterocycles. The molecule has 35 heavy (non-hydrogen) atoms. The number of hydrogen-bond acceptors (Lipinski definition) is 5. The van der Waals surface area contributed by atoms with Gasteiger partial charge < -0.3 is 9.30 Å². The lowest BCUT2D eigenvalue weighted by atomic mass is 10.2. The van der Waals surface area contributed by atoms with E-state index in [-0.39, 0.29) is 28.6 Å². The molecule has 4 rings (SSSR count). The molecule has 0 aliphatic carbocycles. The minimum atomic E-state index is -0.575. The second-order valence-corrected chi connectivity index (χ2v) is 9.30. The van der Waals surface area contributed by atoms with Crippen LogP contribution in [0.2, 0.25) is 5.02 Å². The standard InChI is InChI=1S/C26H22ClFN2O4S/c1-4-34-25(32)17-7-5-8-19(12-17)30-15(2)11-18(16(30)3)13-23-24(31)29(26(33)35-23)14-20-21(27)9-6-10-22(20)28/h5-13H,4,14H2,1-3H3. The molecule has 6 nitrogen and oxygen atoms in total. The van der Waals surface area contributed by atoms with Gasteiger partial charge in [-0.1, -0.05) is 23.7 Å². The number of imide groups is 1. The number of rotatable bonds is 6. The molecule has 0 spiro atoms. The van der Waals surface area contributed by atoms with Gasteiger partial charge in [0.05, 0.1) is 23.6 Å². The lowest BCUT2D eigenvalue weighted by molar-refractivity contribution is -0.123. The summed E-state index contributed by atoms with van der Waals surface area (Å²) in [5.74, 6) is -1.48. The van der Waals surface area contributed by atoms with E-state index in [1.54, 1.807) is 31.2 Å². The van der Waals surface area contributed by atoms with Gasteiger partial charge in [-0.25, -0.2) is 9.18 Å². The Labute approximate surface area is 211 Å². The fourth-order valence-corrected chi connectivity index (χ4v) is 4.99. The predicted molar refractivity (Wildman–Crippen MR) is 134 cm³/mol. The van der Waals surface area contributed by atoms with Gasteiger partial charge in [-0.15, -0.1) is 0 Å². The number of amides is 2. The highest BCUT2D eigenvalue weighted by Gasteiger charge is 2.36. The van der Waals surface area contributed by atoms with Crippen LogP contribution >= 0.6 is 23.4 Å². The Hall–Kier alpha value is -3.36. The summed E-state index contributed by atoms with van der Waals surface area (Å²) < 4.78 is 21.3. The fraction of sp³-hybridized carbons (Fsp3) is 0.192. The van der Waals surface area contributed by atoms with Gasteiger partial charge in [0.1, 0.15) is 5.82 Å². The molecule has 180 valence electrons. The van der Waals surface area contributed by atoms with Gasteiger partial charge in [0.2, 0.25) is 0 Å². The monoisotopic (exact) mass is 512 g/mol. The first-order valence-electron chi connectivity index (χ1n) is 10.9. The average molecular weight is 513 g/mol. The second kappa shape index (κ2) is 10.1. The summed E-state index contributed by atoms with van der Waals surface area (Å²) in [5.41, 5.74) is 3.76. The lowest BCUT2D eigenvalue weighted by Crippen LogP contribution is -2.28. The van der Waals surface area contributed by atoms with Crippen molar-refractivity contribution >= 4 is 46.6 Å². The van der Waals surface area contributed by atoms with Crippen LogP contribution in [0.15, 0.2) is 53.4 Å². The van der Waals surface area contributed by atoms with E-state index in [4.69, 9.17) is 16.3 Å². The highest BCUT2D eigenvalue weighted by atomic mass is 35.5. The van der Waals surface area contributed by atoms with Crippen molar-refractivity contribution in [3.63, 3.8) is 0 Å². The summed E-state index contributed by atoms with van der Waals surface area (Å²) in [6, 6.07) is 13.2. The van der Waals surface area contributed by atoms with Crippen LogP contribution in [0, 0.1) is 19.7 Å². The van der Waals surface area contributed by atoms with Gasteiger partial charge in [0, 0.05) is 27.7 Å². The van der Waals surface area contributed by atoms with E-state index in [2.05, 4.69) is 0 Å². The van der Waals surface area contributed by atoms with Crippen LogP contribution in [-0.4, -0.2) is 33.2 Å². The van der Waals surface area contributed by atoms with Gasteiger partial charge in [0.15, 0.2) is 0 Å². The molecule has 0 bridgehead atoms.